The first kappa shape index (κ1) is 14.2. The molecule has 1 aromatic carbocycles. The molecule has 1 N–H and O–H groups in total. The molecule has 1 fully saturated rings. The van der Waals surface area contributed by atoms with E-state index in [1.165, 1.54) is 12.1 Å². The predicted molar refractivity (Wildman–Crippen MR) is 68.1 cm³/mol. The maximum absolute atomic E-state index is 12.4. The van der Waals surface area contributed by atoms with Crippen LogP contribution in [0.15, 0.2) is 24.3 Å². The summed E-state index contributed by atoms with van der Waals surface area (Å²) in [6.45, 7) is 4.02. The average molecular weight is 273 g/mol. The second kappa shape index (κ2) is 5.41. The number of rotatable bonds is 2. The lowest BCUT2D eigenvalue weighted by atomic mass is 9.99. The third-order valence-corrected chi connectivity index (χ3v) is 3.28. The molecule has 0 saturated carbocycles. The van der Waals surface area contributed by atoms with Crippen LogP contribution in [0.25, 0.3) is 0 Å². The van der Waals surface area contributed by atoms with Crippen LogP contribution in [-0.4, -0.2) is 18.2 Å². The number of alkyl halides is 3. The molecule has 19 heavy (non-hydrogen) atoms. The van der Waals surface area contributed by atoms with Gasteiger partial charge in [0.05, 0.1) is 17.8 Å². The summed E-state index contributed by atoms with van der Waals surface area (Å²) >= 11 is 0. The van der Waals surface area contributed by atoms with Gasteiger partial charge in [0.2, 0.25) is 0 Å². The van der Waals surface area contributed by atoms with E-state index in [0.717, 1.165) is 30.7 Å². The molecule has 1 heterocycles. The van der Waals surface area contributed by atoms with Crippen LogP contribution >= 0.6 is 0 Å². The molecular formula is C14H18F3NO. The highest BCUT2D eigenvalue weighted by atomic mass is 19.4. The van der Waals surface area contributed by atoms with Crippen molar-refractivity contribution in [1.29, 1.82) is 0 Å². The van der Waals surface area contributed by atoms with E-state index in [4.69, 9.17) is 4.74 Å². The van der Waals surface area contributed by atoms with Gasteiger partial charge in [-0.2, -0.15) is 13.2 Å². The second-order valence-corrected chi connectivity index (χ2v) is 5.15. The fraction of sp³-hybridized carbons (Fsp3) is 0.571. The normalized spacial score (nSPS) is 28.2. The van der Waals surface area contributed by atoms with E-state index >= 15 is 0 Å². The summed E-state index contributed by atoms with van der Waals surface area (Å²) in [5.41, 5.74) is 0.103. The molecule has 2 rings (SSSR count). The Morgan fingerprint density at radius 3 is 2.05 bits per heavy atom. The number of nitrogens with one attached hydrogen (secondary N) is 1. The van der Waals surface area contributed by atoms with Crippen LogP contribution in [0.5, 0.6) is 0 Å². The van der Waals surface area contributed by atoms with Gasteiger partial charge in [-0.15, -0.1) is 0 Å². The van der Waals surface area contributed by atoms with Crippen molar-refractivity contribution in [2.75, 3.05) is 5.32 Å². The zero-order chi connectivity index (χ0) is 14.0. The van der Waals surface area contributed by atoms with Gasteiger partial charge in [0.15, 0.2) is 0 Å². The highest BCUT2D eigenvalue weighted by molar-refractivity contribution is 5.46. The van der Waals surface area contributed by atoms with Crippen molar-refractivity contribution in [2.45, 2.75) is 51.1 Å². The standard InChI is InChI=1S/C14H18F3NO/c1-9-7-13(8-10(2)19-9)18-12-5-3-11(4-6-12)14(15,16)17/h3-6,9-10,13,18H,7-8H2,1-2H3. The number of benzene rings is 1. The topological polar surface area (TPSA) is 21.3 Å². The maximum atomic E-state index is 12.4. The van der Waals surface area contributed by atoms with E-state index in [1.807, 2.05) is 13.8 Å². The second-order valence-electron chi connectivity index (χ2n) is 5.15. The van der Waals surface area contributed by atoms with Gasteiger partial charge in [0.1, 0.15) is 0 Å². The fourth-order valence-electron chi connectivity index (χ4n) is 2.51. The molecule has 1 aromatic rings. The van der Waals surface area contributed by atoms with Crippen LogP contribution < -0.4 is 5.32 Å². The molecule has 0 spiro atoms. The molecule has 1 aliphatic rings. The van der Waals surface area contributed by atoms with Crippen LogP contribution in [-0.2, 0) is 10.9 Å². The molecule has 0 bridgehead atoms. The number of hydrogen-bond donors (Lipinski definition) is 1. The molecule has 1 saturated heterocycles. The van der Waals surface area contributed by atoms with Crippen molar-refractivity contribution < 1.29 is 17.9 Å². The van der Waals surface area contributed by atoms with Gasteiger partial charge in [-0.3, -0.25) is 0 Å². The molecule has 2 atom stereocenters. The molecule has 0 aliphatic carbocycles. The Bertz CT molecular complexity index is 406. The molecule has 0 amide bonds. The van der Waals surface area contributed by atoms with Gasteiger partial charge < -0.3 is 10.1 Å². The van der Waals surface area contributed by atoms with E-state index in [9.17, 15) is 13.2 Å². The first-order valence-electron chi connectivity index (χ1n) is 6.44. The van der Waals surface area contributed by atoms with Gasteiger partial charge in [-0.1, -0.05) is 0 Å². The quantitative estimate of drug-likeness (QED) is 0.877. The monoisotopic (exact) mass is 273 g/mol. The maximum Gasteiger partial charge on any atom is 0.416 e. The molecule has 0 aromatic heterocycles. The summed E-state index contributed by atoms with van der Waals surface area (Å²) in [4.78, 5) is 0. The van der Waals surface area contributed by atoms with Gasteiger partial charge in [0.25, 0.3) is 0 Å². The highest BCUT2D eigenvalue weighted by Gasteiger charge is 2.30. The third kappa shape index (κ3) is 3.86. The van der Waals surface area contributed by atoms with Gasteiger partial charge in [0, 0.05) is 11.7 Å². The van der Waals surface area contributed by atoms with Crippen LogP contribution in [0.3, 0.4) is 0 Å². The summed E-state index contributed by atoms with van der Waals surface area (Å²) in [6.07, 6.45) is -2.19. The number of anilines is 1. The lowest BCUT2D eigenvalue weighted by Gasteiger charge is -2.33. The summed E-state index contributed by atoms with van der Waals surface area (Å²) < 4.78 is 43.0. The molecule has 5 heteroatoms. The number of ether oxygens (including phenoxy) is 1. The first-order chi connectivity index (χ1) is 8.84. The number of hydrogen-bond acceptors (Lipinski definition) is 2. The third-order valence-electron chi connectivity index (χ3n) is 3.28. The minimum absolute atomic E-state index is 0.177. The predicted octanol–water partition coefficient (Wildman–Crippen LogP) is 4.07. The van der Waals surface area contributed by atoms with E-state index in [-0.39, 0.29) is 18.2 Å². The molecule has 106 valence electrons. The smallest absolute Gasteiger partial charge is 0.382 e. The van der Waals surface area contributed by atoms with Gasteiger partial charge in [-0.05, 0) is 51.0 Å². The summed E-state index contributed by atoms with van der Waals surface area (Å²) in [6, 6.07) is 5.42. The van der Waals surface area contributed by atoms with Crippen molar-refractivity contribution >= 4 is 5.69 Å². The fourth-order valence-corrected chi connectivity index (χ4v) is 2.51. The van der Waals surface area contributed by atoms with Crippen LogP contribution in [0.2, 0.25) is 0 Å². The van der Waals surface area contributed by atoms with Crippen LogP contribution in [0.4, 0.5) is 18.9 Å². The molecular weight excluding hydrogens is 255 g/mol. The minimum Gasteiger partial charge on any atom is -0.382 e. The summed E-state index contributed by atoms with van der Waals surface area (Å²) in [7, 11) is 0. The van der Waals surface area contributed by atoms with Crippen LogP contribution in [0, 0.1) is 0 Å². The van der Waals surface area contributed by atoms with E-state index in [0.29, 0.717) is 0 Å². The van der Waals surface area contributed by atoms with Crippen molar-refractivity contribution in [3.05, 3.63) is 29.8 Å². The zero-order valence-corrected chi connectivity index (χ0v) is 11.0. The van der Waals surface area contributed by atoms with Crippen molar-refractivity contribution in [3.8, 4) is 0 Å². The minimum atomic E-state index is -4.28. The Morgan fingerprint density at radius 2 is 1.58 bits per heavy atom. The van der Waals surface area contributed by atoms with Crippen LogP contribution in [0.1, 0.15) is 32.3 Å². The Morgan fingerprint density at radius 1 is 1.05 bits per heavy atom. The zero-order valence-electron chi connectivity index (χ0n) is 11.0. The Kier molecular flexibility index (Phi) is 4.04. The molecule has 1 aliphatic heterocycles. The molecule has 2 unspecified atom stereocenters. The SMILES string of the molecule is CC1CC(Nc2ccc(C(F)(F)F)cc2)CC(C)O1. The van der Waals surface area contributed by atoms with Gasteiger partial charge >= 0.3 is 6.18 Å². The van der Waals surface area contributed by atoms with Crippen molar-refractivity contribution in [2.24, 2.45) is 0 Å². The number of halogens is 3. The van der Waals surface area contributed by atoms with Crippen molar-refractivity contribution in [1.82, 2.24) is 0 Å². The van der Waals surface area contributed by atoms with E-state index in [1.54, 1.807) is 0 Å². The van der Waals surface area contributed by atoms with E-state index < -0.39 is 11.7 Å². The summed E-state index contributed by atoms with van der Waals surface area (Å²) in [5.74, 6) is 0. The van der Waals surface area contributed by atoms with Crippen molar-refractivity contribution in [3.63, 3.8) is 0 Å². The van der Waals surface area contributed by atoms with Gasteiger partial charge in [-0.25, -0.2) is 0 Å². The Labute approximate surface area is 111 Å². The molecule has 2 nitrogen and oxygen atoms in total. The highest BCUT2D eigenvalue weighted by Crippen LogP contribution is 2.30. The lowest BCUT2D eigenvalue weighted by molar-refractivity contribution is -0.137. The lowest BCUT2D eigenvalue weighted by Crippen LogP contribution is -2.36. The summed E-state index contributed by atoms with van der Waals surface area (Å²) in [5, 5.41) is 3.27. The molecule has 0 radical (unpaired) electrons. The van der Waals surface area contributed by atoms with E-state index in [2.05, 4.69) is 5.32 Å². The Balaban J connectivity index is 1.99. The largest absolute Gasteiger partial charge is 0.416 e. The average Bonchev–Trinajstić information content (AvgIpc) is 2.26. The first-order valence-corrected chi connectivity index (χ1v) is 6.44. The Hall–Kier alpha value is -1.23.